The number of thiophene rings is 1. The van der Waals surface area contributed by atoms with Gasteiger partial charge in [-0.25, -0.2) is 4.68 Å². The third-order valence-corrected chi connectivity index (χ3v) is 5.33. The highest BCUT2D eigenvalue weighted by Crippen LogP contribution is 2.26. The zero-order valence-electron chi connectivity index (χ0n) is 16.3. The molecule has 4 rings (SSSR count). The Balaban J connectivity index is 1.67. The highest BCUT2D eigenvalue weighted by Gasteiger charge is 2.18. The maximum absolute atomic E-state index is 13.1. The molecule has 0 bridgehead atoms. The molecule has 4 aromatic rings. The Bertz CT molecular complexity index is 1170. The summed E-state index contributed by atoms with van der Waals surface area (Å²) in [4.78, 5) is 26.2. The number of aromatic nitrogens is 2. The Labute approximate surface area is 178 Å². The SMILES string of the molecule is CCNC(=O)c1cccc(NC(=O)c2cc(-c3cccs3)nn2-c2ccccc2)c1. The van der Waals surface area contributed by atoms with Crippen molar-refractivity contribution in [1.82, 2.24) is 15.1 Å². The van der Waals surface area contributed by atoms with E-state index >= 15 is 0 Å². The molecule has 7 heteroatoms. The van der Waals surface area contributed by atoms with E-state index in [1.54, 1.807) is 46.4 Å². The van der Waals surface area contributed by atoms with Gasteiger partial charge in [-0.15, -0.1) is 11.3 Å². The molecule has 0 fully saturated rings. The number of para-hydroxylation sites is 1. The highest BCUT2D eigenvalue weighted by atomic mass is 32.1. The average molecular weight is 417 g/mol. The van der Waals surface area contributed by atoms with Crippen LogP contribution in [0.1, 0.15) is 27.8 Å². The monoisotopic (exact) mass is 416 g/mol. The van der Waals surface area contributed by atoms with Gasteiger partial charge in [0.05, 0.1) is 10.6 Å². The summed E-state index contributed by atoms with van der Waals surface area (Å²) < 4.78 is 1.64. The molecule has 2 aromatic carbocycles. The fourth-order valence-corrected chi connectivity index (χ4v) is 3.73. The Morgan fingerprint density at radius 3 is 2.53 bits per heavy atom. The van der Waals surface area contributed by atoms with Crippen molar-refractivity contribution in [2.75, 3.05) is 11.9 Å². The van der Waals surface area contributed by atoms with Crippen LogP contribution in [0.25, 0.3) is 16.3 Å². The molecule has 0 spiro atoms. The van der Waals surface area contributed by atoms with E-state index in [-0.39, 0.29) is 11.8 Å². The lowest BCUT2D eigenvalue weighted by molar-refractivity contribution is 0.0954. The van der Waals surface area contributed by atoms with E-state index in [1.807, 2.05) is 54.8 Å². The van der Waals surface area contributed by atoms with Crippen LogP contribution in [-0.4, -0.2) is 28.1 Å². The van der Waals surface area contributed by atoms with Crippen LogP contribution in [0, 0.1) is 0 Å². The van der Waals surface area contributed by atoms with Crippen LogP contribution in [0.15, 0.2) is 78.2 Å². The summed E-state index contributed by atoms with van der Waals surface area (Å²) in [5.74, 6) is -0.481. The Hall–Kier alpha value is -3.71. The van der Waals surface area contributed by atoms with Gasteiger partial charge in [0, 0.05) is 17.8 Å². The van der Waals surface area contributed by atoms with Crippen LogP contribution in [0.2, 0.25) is 0 Å². The van der Waals surface area contributed by atoms with Crippen molar-refractivity contribution in [2.24, 2.45) is 0 Å². The van der Waals surface area contributed by atoms with Crippen LogP contribution >= 0.6 is 11.3 Å². The van der Waals surface area contributed by atoms with E-state index < -0.39 is 0 Å². The Morgan fingerprint density at radius 2 is 1.80 bits per heavy atom. The maximum Gasteiger partial charge on any atom is 0.274 e. The van der Waals surface area contributed by atoms with E-state index in [0.717, 1.165) is 16.3 Å². The summed E-state index contributed by atoms with van der Waals surface area (Å²) in [6, 6.07) is 22.1. The molecule has 30 heavy (non-hydrogen) atoms. The van der Waals surface area contributed by atoms with Crippen LogP contribution < -0.4 is 10.6 Å². The highest BCUT2D eigenvalue weighted by molar-refractivity contribution is 7.13. The van der Waals surface area contributed by atoms with Gasteiger partial charge in [0.15, 0.2) is 0 Å². The lowest BCUT2D eigenvalue weighted by atomic mass is 10.2. The third kappa shape index (κ3) is 4.16. The minimum absolute atomic E-state index is 0.178. The number of nitrogens with one attached hydrogen (secondary N) is 2. The minimum atomic E-state index is -0.304. The molecule has 0 aliphatic heterocycles. The molecule has 0 unspecified atom stereocenters. The summed E-state index contributed by atoms with van der Waals surface area (Å²) in [7, 11) is 0. The molecule has 0 aliphatic carbocycles. The number of hydrogen-bond donors (Lipinski definition) is 2. The first-order chi connectivity index (χ1) is 14.7. The number of rotatable bonds is 6. The van der Waals surface area contributed by atoms with Crippen molar-refractivity contribution < 1.29 is 9.59 Å². The van der Waals surface area contributed by atoms with Crippen molar-refractivity contribution in [3.63, 3.8) is 0 Å². The molecular weight excluding hydrogens is 396 g/mol. The summed E-state index contributed by atoms with van der Waals surface area (Å²) in [6.07, 6.45) is 0. The summed E-state index contributed by atoms with van der Waals surface area (Å²) in [5, 5.41) is 12.3. The number of amides is 2. The van der Waals surface area contributed by atoms with Crippen LogP contribution in [0.3, 0.4) is 0 Å². The lowest BCUT2D eigenvalue weighted by Gasteiger charge is -2.09. The van der Waals surface area contributed by atoms with Crippen molar-refractivity contribution >= 4 is 28.8 Å². The summed E-state index contributed by atoms with van der Waals surface area (Å²) in [5.41, 5.74) is 2.97. The molecular formula is C23H20N4O2S. The number of hydrogen-bond acceptors (Lipinski definition) is 4. The lowest BCUT2D eigenvalue weighted by Crippen LogP contribution is -2.23. The van der Waals surface area contributed by atoms with Gasteiger partial charge in [-0.1, -0.05) is 30.3 Å². The largest absolute Gasteiger partial charge is 0.352 e. The molecule has 2 heterocycles. The number of carbonyl (C=O) groups is 2. The van der Waals surface area contributed by atoms with Crippen molar-refractivity contribution in [1.29, 1.82) is 0 Å². The molecule has 0 saturated carbocycles. The predicted molar refractivity (Wildman–Crippen MR) is 119 cm³/mol. The zero-order valence-corrected chi connectivity index (χ0v) is 17.1. The first-order valence-corrected chi connectivity index (χ1v) is 10.4. The van der Waals surface area contributed by atoms with Crippen LogP contribution in [0.4, 0.5) is 5.69 Å². The van der Waals surface area contributed by atoms with Gasteiger partial charge in [0.25, 0.3) is 11.8 Å². The Kier molecular flexibility index (Phi) is 5.72. The fraction of sp³-hybridized carbons (Fsp3) is 0.0870. The van der Waals surface area contributed by atoms with Gasteiger partial charge in [0.1, 0.15) is 11.4 Å². The van der Waals surface area contributed by atoms with Gasteiger partial charge < -0.3 is 10.6 Å². The first-order valence-electron chi connectivity index (χ1n) is 9.54. The molecule has 2 amide bonds. The topological polar surface area (TPSA) is 76.0 Å². The second-order valence-electron chi connectivity index (χ2n) is 6.53. The average Bonchev–Trinajstić information content (AvgIpc) is 3.45. The Morgan fingerprint density at radius 1 is 0.967 bits per heavy atom. The number of anilines is 1. The number of nitrogens with zero attached hydrogens (tertiary/aromatic N) is 2. The number of carbonyl (C=O) groups excluding carboxylic acids is 2. The molecule has 6 nitrogen and oxygen atoms in total. The van der Waals surface area contributed by atoms with Crippen LogP contribution in [0.5, 0.6) is 0 Å². The quantitative estimate of drug-likeness (QED) is 0.482. The number of benzene rings is 2. The standard InChI is InChI=1S/C23H20N4O2S/c1-2-24-22(28)16-8-6-9-17(14-16)25-23(29)20-15-19(21-12-7-13-30-21)26-27(20)18-10-4-3-5-11-18/h3-15H,2H2,1H3,(H,24,28)(H,25,29). The normalized spacial score (nSPS) is 10.6. The van der Waals surface area contributed by atoms with E-state index in [0.29, 0.717) is 23.5 Å². The van der Waals surface area contributed by atoms with Crippen LogP contribution in [-0.2, 0) is 0 Å². The smallest absolute Gasteiger partial charge is 0.274 e. The van der Waals surface area contributed by atoms with E-state index in [2.05, 4.69) is 15.7 Å². The molecule has 0 aliphatic rings. The van der Waals surface area contributed by atoms with Gasteiger partial charge in [-0.3, -0.25) is 9.59 Å². The van der Waals surface area contributed by atoms with Crippen molar-refractivity contribution in [3.05, 3.63) is 89.4 Å². The van der Waals surface area contributed by atoms with Gasteiger partial charge >= 0.3 is 0 Å². The van der Waals surface area contributed by atoms with Crippen molar-refractivity contribution in [3.8, 4) is 16.3 Å². The molecule has 2 aromatic heterocycles. The van der Waals surface area contributed by atoms with Gasteiger partial charge in [0.2, 0.25) is 0 Å². The van der Waals surface area contributed by atoms with Gasteiger partial charge in [-0.05, 0) is 54.8 Å². The van der Waals surface area contributed by atoms with Crippen molar-refractivity contribution in [2.45, 2.75) is 6.92 Å². The molecule has 150 valence electrons. The molecule has 0 radical (unpaired) electrons. The minimum Gasteiger partial charge on any atom is -0.352 e. The molecule has 0 saturated heterocycles. The second-order valence-corrected chi connectivity index (χ2v) is 7.48. The van der Waals surface area contributed by atoms with E-state index in [1.165, 1.54) is 0 Å². The predicted octanol–water partition coefficient (Wildman–Crippen LogP) is 4.60. The molecule has 2 N–H and O–H groups in total. The third-order valence-electron chi connectivity index (χ3n) is 4.44. The fourth-order valence-electron chi connectivity index (χ4n) is 3.05. The van der Waals surface area contributed by atoms with E-state index in [9.17, 15) is 9.59 Å². The molecule has 0 atom stereocenters. The van der Waals surface area contributed by atoms with Gasteiger partial charge in [-0.2, -0.15) is 5.10 Å². The second kappa shape index (κ2) is 8.75. The zero-order chi connectivity index (χ0) is 20.9. The summed E-state index contributed by atoms with van der Waals surface area (Å²) >= 11 is 1.57. The maximum atomic E-state index is 13.1. The van der Waals surface area contributed by atoms with E-state index in [4.69, 9.17) is 0 Å². The first kappa shape index (κ1) is 19.6. The summed E-state index contributed by atoms with van der Waals surface area (Å²) in [6.45, 7) is 2.40.